The van der Waals surface area contributed by atoms with Gasteiger partial charge in [0.1, 0.15) is 11.5 Å². The minimum Gasteiger partial charge on any atom is -0.467 e. The summed E-state index contributed by atoms with van der Waals surface area (Å²) in [6.07, 6.45) is 0. The normalized spacial score (nSPS) is 10.4. The lowest BCUT2D eigenvalue weighted by Gasteiger charge is -2.11. The molecule has 0 spiro atoms. The molecule has 5 heteroatoms. The van der Waals surface area contributed by atoms with Crippen LogP contribution in [0.4, 0.5) is 0 Å². The van der Waals surface area contributed by atoms with Crippen LogP contribution in [0.25, 0.3) is 0 Å². The molecule has 0 N–H and O–H groups in total. The highest BCUT2D eigenvalue weighted by molar-refractivity contribution is 9.08. The molecule has 0 radical (unpaired) electrons. The number of hydrogen-bond acceptors (Lipinski definition) is 4. The minimum absolute atomic E-state index is 0.118. The first kappa shape index (κ1) is 12.3. The van der Waals surface area contributed by atoms with Crippen molar-refractivity contribution in [2.45, 2.75) is 19.2 Å². The van der Waals surface area contributed by atoms with Gasteiger partial charge in [-0.2, -0.15) is 0 Å². The van der Waals surface area contributed by atoms with Gasteiger partial charge in [0.05, 0.1) is 10.9 Å². The molecule has 0 unspecified atom stereocenters. The average molecular weight is 277 g/mol. The second kappa shape index (κ2) is 5.32. The molecular weight excluding hydrogens is 264 g/mol. The molecule has 1 heterocycles. The third-order valence-electron chi connectivity index (χ3n) is 2.06. The summed E-state index contributed by atoms with van der Waals surface area (Å²) in [6, 6.07) is 0. The van der Waals surface area contributed by atoms with Crippen molar-refractivity contribution in [1.82, 2.24) is 0 Å². The number of halogens is 1. The standard InChI is InChI=1S/C10H13BrO4/c1-6-8(4-11)15-10(12)7(2)9(6)14-5-13-3/h4-5H2,1-3H3. The van der Waals surface area contributed by atoms with Gasteiger partial charge in [0.25, 0.3) is 0 Å². The van der Waals surface area contributed by atoms with Gasteiger partial charge in [0, 0.05) is 12.7 Å². The smallest absolute Gasteiger partial charge is 0.342 e. The highest BCUT2D eigenvalue weighted by Crippen LogP contribution is 2.24. The molecule has 0 fully saturated rings. The summed E-state index contributed by atoms with van der Waals surface area (Å²) in [5, 5.41) is 0.484. The van der Waals surface area contributed by atoms with Gasteiger partial charge in [-0.15, -0.1) is 0 Å². The second-order valence-electron chi connectivity index (χ2n) is 3.08. The molecule has 0 aliphatic heterocycles. The molecule has 0 aliphatic carbocycles. The Hall–Kier alpha value is -0.810. The molecular formula is C10H13BrO4. The van der Waals surface area contributed by atoms with Crippen LogP contribution in [-0.4, -0.2) is 13.9 Å². The average Bonchev–Trinajstić information content (AvgIpc) is 2.23. The van der Waals surface area contributed by atoms with Gasteiger partial charge in [-0.3, -0.25) is 0 Å². The maximum atomic E-state index is 11.4. The van der Waals surface area contributed by atoms with Gasteiger partial charge in [-0.05, 0) is 13.8 Å². The van der Waals surface area contributed by atoms with Crippen LogP contribution in [0.3, 0.4) is 0 Å². The van der Waals surface area contributed by atoms with E-state index in [1.54, 1.807) is 6.92 Å². The largest absolute Gasteiger partial charge is 0.467 e. The van der Waals surface area contributed by atoms with Gasteiger partial charge in [0.2, 0.25) is 0 Å². The highest BCUT2D eigenvalue weighted by atomic mass is 79.9. The first-order valence-corrected chi connectivity index (χ1v) is 5.54. The van der Waals surface area contributed by atoms with Crippen LogP contribution in [0, 0.1) is 13.8 Å². The van der Waals surface area contributed by atoms with Crippen LogP contribution in [0.1, 0.15) is 16.9 Å². The fourth-order valence-corrected chi connectivity index (χ4v) is 1.76. The molecule has 0 aliphatic rings. The van der Waals surface area contributed by atoms with Crippen molar-refractivity contribution in [3.8, 4) is 5.75 Å². The summed E-state index contributed by atoms with van der Waals surface area (Å²) in [7, 11) is 1.53. The molecule has 0 aromatic carbocycles. The summed E-state index contributed by atoms with van der Waals surface area (Å²) in [5.41, 5.74) is 0.913. The topological polar surface area (TPSA) is 48.7 Å². The Labute approximate surface area is 96.3 Å². The van der Waals surface area contributed by atoms with E-state index in [4.69, 9.17) is 13.9 Å². The quantitative estimate of drug-likeness (QED) is 0.625. The van der Waals surface area contributed by atoms with Crippen molar-refractivity contribution in [2.24, 2.45) is 0 Å². The van der Waals surface area contributed by atoms with E-state index in [-0.39, 0.29) is 12.4 Å². The van der Waals surface area contributed by atoms with Crippen LogP contribution in [0.2, 0.25) is 0 Å². The van der Waals surface area contributed by atoms with Gasteiger partial charge >= 0.3 is 5.63 Å². The maximum absolute atomic E-state index is 11.4. The van der Waals surface area contributed by atoms with Crippen LogP contribution >= 0.6 is 15.9 Å². The lowest BCUT2D eigenvalue weighted by Crippen LogP contribution is -2.12. The van der Waals surface area contributed by atoms with E-state index in [0.29, 0.717) is 22.4 Å². The van der Waals surface area contributed by atoms with Crippen molar-refractivity contribution >= 4 is 15.9 Å². The van der Waals surface area contributed by atoms with E-state index in [1.165, 1.54) is 7.11 Å². The van der Waals surface area contributed by atoms with Crippen molar-refractivity contribution in [1.29, 1.82) is 0 Å². The summed E-state index contributed by atoms with van der Waals surface area (Å²) in [6.45, 7) is 3.63. The summed E-state index contributed by atoms with van der Waals surface area (Å²) >= 11 is 3.25. The zero-order valence-electron chi connectivity index (χ0n) is 8.93. The Bertz CT molecular complexity index is 397. The van der Waals surface area contributed by atoms with Gasteiger partial charge in [-0.1, -0.05) is 15.9 Å². The van der Waals surface area contributed by atoms with E-state index in [0.717, 1.165) is 5.56 Å². The van der Waals surface area contributed by atoms with E-state index in [1.807, 2.05) is 6.92 Å². The molecule has 0 amide bonds. The highest BCUT2D eigenvalue weighted by Gasteiger charge is 2.14. The minimum atomic E-state index is -0.374. The van der Waals surface area contributed by atoms with Crippen LogP contribution in [0.5, 0.6) is 5.75 Å². The molecule has 84 valence electrons. The fourth-order valence-electron chi connectivity index (χ4n) is 1.23. The lowest BCUT2D eigenvalue weighted by molar-refractivity contribution is 0.0494. The monoisotopic (exact) mass is 276 g/mol. The Balaban J connectivity index is 3.21. The molecule has 0 atom stereocenters. The van der Waals surface area contributed by atoms with Crippen LogP contribution in [-0.2, 0) is 10.1 Å². The maximum Gasteiger partial charge on any atom is 0.342 e. The summed E-state index contributed by atoms with van der Waals surface area (Å²) in [4.78, 5) is 11.4. The zero-order chi connectivity index (χ0) is 11.4. The summed E-state index contributed by atoms with van der Waals surface area (Å²) < 4.78 is 15.2. The first-order valence-electron chi connectivity index (χ1n) is 4.42. The second-order valence-corrected chi connectivity index (χ2v) is 3.64. The van der Waals surface area contributed by atoms with E-state index in [9.17, 15) is 4.79 Å². The zero-order valence-corrected chi connectivity index (χ0v) is 10.5. The van der Waals surface area contributed by atoms with E-state index in [2.05, 4.69) is 15.9 Å². The third-order valence-corrected chi connectivity index (χ3v) is 2.57. The molecule has 1 aromatic heterocycles. The van der Waals surface area contributed by atoms with E-state index < -0.39 is 0 Å². The third kappa shape index (κ3) is 2.60. The molecule has 1 rings (SSSR count). The molecule has 0 saturated heterocycles. The van der Waals surface area contributed by atoms with Crippen molar-refractivity contribution in [3.63, 3.8) is 0 Å². The number of methoxy groups -OCH3 is 1. The Morgan fingerprint density at radius 3 is 2.53 bits per heavy atom. The Kier molecular flexibility index (Phi) is 4.35. The van der Waals surface area contributed by atoms with E-state index >= 15 is 0 Å². The van der Waals surface area contributed by atoms with Gasteiger partial charge in [-0.25, -0.2) is 4.79 Å². The predicted octanol–water partition coefficient (Wildman–Crippen LogP) is 2.13. The molecule has 1 aromatic rings. The first-order chi connectivity index (χ1) is 7.11. The summed E-state index contributed by atoms with van der Waals surface area (Å²) in [5.74, 6) is 1.12. The van der Waals surface area contributed by atoms with Crippen molar-refractivity contribution in [2.75, 3.05) is 13.9 Å². The molecule has 4 nitrogen and oxygen atoms in total. The lowest BCUT2D eigenvalue weighted by atomic mass is 10.2. The molecule has 0 bridgehead atoms. The van der Waals surface area contributed by atoms with Crippen molar-refractivity contribution in [3.05, 3.63) is 27.3 Å². The van der Waals surface area contributed by atoms with Crippen LogP contribution in [0.15, 0.2) is 9.21 Å². The SMILES string of the molecule is COCOc1c(C)c(CBr)oc(=O)c1C. The van der Waals surface area contributed by atoms with Crippen LogP contribution < -0.4 is 10.4 Å². The Morgan fingerprint density at radius 2 is 2.00 bits per heavy atom. The number of hydrogen-bond donors (Lipinski definition) is 0. The van der Waals surface area contributed by atoms with Gasteiger partial charge < -0.3 is 13.9 Å². The number of alkyl halides is 1. The van der Waals surface area contributed by atoms with Crippen molar-refractivity contribution < 1.29 is 13.9 Å². The molecule has 15 heavy (non-hydrogen) atoms. The van der Waals surface area contributed by atoms with Gasteiger partial charge in [0.15, 0.2) is 6.79 Å². The fraction of sp³-hybridized carbons (Fsp3) is 0.500. The Morgan fingerprint density at radius 1 is 1.33 bits per heavy atom. The number of ether oxygens (including phenoxy) is 2. The number of rotatable bonds is 4. The molecule has 0 saturated carbocycles. The predicted molar refractivity (Wildman–Crippen MR) is 59.6 cm³/mol.